The van der Waals surface area contributed by atoms with Crippen LogP contribution in [-0.4, -0.2) is 17.2 Å². The van der Waals surface area contributed by atoms with E-state index in [0.29, 0.717) is 24.3 Å². The first-order valence-corrected chi connectivity index (χ1v) is 7.77. The highest BCUT2D eigenvalue weighted by Crippen LogP contribution is 2.35. The summed E-state index contributed by atoms with van der Waals surface area (Å²) in [5, 5.41) is 8.37. The fraction of sp³-hybridized carbons (Fsp3) is 0.529. The number of aromatic nitrogens is 2. The standard InChI is InChI=1S/C17H23N3O/c1-12(2)14-8-5-9-15(10-14)20(3)11-16-18-19-17(21-16)13-6-4-7-13/h5,8-10,12-13H,4,6-7,11H2,1-3H3. The van der Waals surface area contributed by atoms with Gasteiger partial charge >= 0.3 is 0 Å². The molecule has 2 aromatic rings. The van der Waals surface area contributed by atoms with E-state index >= 15 is 0 Å². The molecule has 1 aliphatic carbocycles. The van der Waals surface area contributed by atoms with Gasteiger partial charge in [0.05, 0.1) is 6.54 Å². The number of anilines is 1. The summed E-state index contributed by atoms with van der Waals surface area (Å²) < 4.78 is 5.79. The lowest BCUT2D eigenvalue weighted by molar-refractivity contribution is 0.324. The molecule has 0 radical (unpaired) electrons. The lowest BCUT2D eigenvalue weighted by atomic mass is 9.85. The van der Waals surface area contributed by atoms with Crippen molar-refractivity contribution in [2.24, 2.45) is 0 Å². The Labute approximate surface area is 126 Å². The highest BCUT2D eigenvalue weighted by molar-refractivity contribution is 5.48. The topological polar surface area (TPSA) is 42.2 Å². The van der Waals surface area contributed by atoms with E-state index in [9.17, 15) is 0 Å². The molecule has 0 atom stereocenters. The average molecular weight is 285 g/mol. The van der Waals surface area contributed by atoms with Crippen molar-refractivity contribution in [3.05, 3.63) is 41.6 Å². The van der Waals surface area contributed by atoms with Gasteiger partial charge in [0.25, 0.3) is 0 Å². The summed E-state index contributed by atoms with van der Waals surface area (Å²) in [6.45, 7) is 5.07. The Kier molecular flexibility index (Phi) is 3.95. The molecule has 0 spiro atoms. The van der Waals surface area contributed by atoms with Crippen LogP contribution in [0.4, 0.5) is 5.69 Å². The fourth-order valence-corrected chi connectivity index (χ4v) is 2.57. The average Bonchev–Trinajstić information content (AvgIpc) is 2.85. The Balaban J connectivity index is 1.69. The van der Waals surface area contributed by atoms with Crippen molar-refractivity contribution in [1.82, 2.24) is 10.2 Å². The molecule has 4 nitrogen and oxygen atoms in total. The first-order valence-electron chi connectivity index (χ1n) is 7.77. The third-order valence-corrected chi connectivity index (χ3v) is 4.29. The quantitative estimate of drug-likeness (QED) is 0.829. The Morgan fingerprint density at radius 2 is 2.10 bits per heavy atom. The largest absolute Gasteiger partial charge is 0.423 e. The second-order valence-electron chi connectivity index (χ2n) is 6.27. The third-order valence-electron chi connectivity index (χ3n) is 4.29. The molecule has 1 saturated carbocycles. The predicted molar refractivity (Wildman–Crippen MR) is 83.5 cm³/mol. The van der Waals surface area contributed by atoms with Gasteiger partial charge in [-0.1, -0.05) is 32.4 Å². The maximum atomic E-state index is 5.79. The lowest BCUT2D eigenvalue weighted by Gasteiger charge is -2.21. The van der Waals surface area contributed by atoms with Crippen LogP contribution in [0.15, 0.2) is 28.7 Å². The zero-order valence-corrected chi connectivity index (χ0v) is 13.0. The van der Waals surface area contributed by atoms with E-state index in [-0.39, 0.29) is 0 Å². The minimum Gasteiger partial charge on any atom is -0.423 e. The molecule has 0 bridgehead atoms. The van der Waals surface area contributed by atoms with Gasteiger partial charge in [0.1, 0.15) is 0 Å². The Morgan fingerprint density at radius 1 is 1.29 bits per heavy atom. The highest BCUT2D eigenvalue weighted by Gasteiger charge is 2.25. The molecular formula is C17H23N3O. The molecule has 1 aliphatic rings. The predicted octanol–water partition coefficient (Wildman–Crippen LogP) is 4.10. The molecule has 112 valence electrons. The van der Waals surface area contributed by atoms with E-state index in [4.69, 9.17) is 4.42 Å². The minimum absolute atomic E-state index is 0.501. The van der Waals surface area contributed by atoms with Crippen LogP contribution in [0, 0.1) is 0 Å². The summed E-state index contributed by atoms with van der Waals surface area (Å²) in [6.07, 6.45) is 3.66. The van der Waals surface area contributed by atoms with Crippen LogP contribution in [0.2, 0.25) is 0 Å². The second kappa shape index (κ2) is 5.88. The second-order valence-corrected chi connectivity index (χ2v) is 6.27. The molecule has 3 rings (SSSR count). The minimum atomic E-state index is 0.501. The molecule has 4 heteroatoms. The summed E-state index contributed by atoms with van der Waals surface area (Å²) in [4.78, 5) is 2.16. The van der Waals surface area contributed by atoms with E-state index in [1.54, 1.807) is 0 Å². The first kappa shape index (κ1) is 14.1. The summed E-state index contributed by atoms with van der Waals surface area (Å²) in [5.41, 5.74) is 2.53. The van der Waals surface area contributed by atoms with Crippen LogP contribution in [-0.2, 0) is 6.54 Å². The molecule has 1 heterocycles. The molecule has 0 unspecified atom stereocenters. The van der Waals surface area contributed by atoms with Gasteiger partial charge in [0, 0.05) is 18.7 Å². The van der Waals surface area contributed by atoms with Gasteiger partial charge in [-0.3, -0.25) is 0 Å². The van der Waals surface area contributed by atoms with E-state index < -0.39 is 0 Å². The lowest BCUT2D eigenvalue weighted by Crippen LogP contribution is -2.16. The van der Waals surface area contributed by atoms with Gasteiger partial charge in [-0.05, 0) is 36.5 Å². The Morgan fingerprint density at radius 3 is 2.76 bits per heavy atom. The number of benzene rings is 1. The monoisotopic (exact) mass is 285 g/mol. The van der Waals surface area contributed by atoms with Gasteiger partial charge in [0.15, 0.2) is 0 Å². The van der Waals surface area contributed by atoms with Gasteiger partial charge in [-0.15, -0.1) is 10.2 Å². The van der Waals surface area contributed by atoms with Gasteiger partial charge in [0.2, 0.25) is 11.8 Å². The summed E-state index contributed by atoms with van der Waals surface area (Å²) in [5.74, 6) is 2.56. The maximum Gasteiger partial charge on any atom is 0.235 e. The van der Waals surface area contributed by atoms with E-state index in [2.05, 4.69) is 60.3 Å². The van der Waals surface area contributed by atoms with Crippen molar-refractivity contribution in [2.75, 3.05) is 11.9 Å². The summed E-state index contributed by atoms with van der Waals surface area (Å²) in [7, 11) is 2.06. The summed E-state index contributed by atoms with van der Waals surface area (Å²) >= 11 is 0. The van der Waals surface area contributed by atoms with Crippen molar-refractivity contribution >= 4 is 5.69 Å². The van der Waals surface area contributed by atoms with Crippen molar-refractivity contribution in [1.29, 1.82) is 0 Å². The van der Waals surface area contributed by atoms with Gasteiger partial charge < -0.3 is 9.32 Å². The van der Waals surface area contributed by atoms with Gasteiger partial charge in [-0.2, -0.15) is 0 Å². The number of nitrogens with zero attached hydrogens (tertiary/aromatic N) is 3. The molecule has 1 aromatic heterocycles. The van der Waals surface area contributed by atoms with Crippen molar-refractivity contribution in [3.63, 3.8) is 0 Å². The van der Waals surface area contributed by atoms with Crippen LogP contribution in [0.1, 0.15) is 62.3 Å². The zero-order valence-electron chi connectivity index (χ0n) is 13.0. The Hall–Kier alpha value is -1.84. The molecule has 1 fully saturated rings. The van der Waals surface area contributed by atoms with E-state index in [0.717, 1.165) is 5.89 Å². The molecule has 0 aliphatic heterocycles. The maximum absolute atomic E-state index is 5.79. The summed E-state index contributed by atoms with van der Waals surface area (Å²) in [6, 6.07) is 8.63. The van der Waals surface area contributed by atoms with Crippen molar-refractivity contribution in [3.8, 4) is 0 Å². The number of rotatable bonds is 5. The zero-order chi connectivity index (χ0) is 14.8. The van der Waals surface area contributed by atoms with Crippen LogP contribution >= 0.6 is 0 Å². The third kappa shape index (κ3) is 3.09. The molecule has 0 N–H and O–H groups in total. The first-order chi connectivity index (χ1) is 10.1. The smallest absolute Gasteiger partial charge is 0.235 e. The molecule has 1 aromatic carbocycles. The number of hydrogen-bond acceptors (Lipinski definition) is 4. The van der Waals surface area contributed by atoms with Crippen molar-refractivity contribution in [2.45, 2.75) is 51.5 Å². The van der Waals surface area contributed by atoms with Crippen LogP contribution in [0.3, 0.4) is 0 Å². The highest BCUT2D eigenvalue weighted by atomic mass is 16.4. The number of hydrogen-bond donors (Lipinski definition) is 0. The molecule has 21 heavy (non-hydrogen) atoms. The van der Waals surface area contributed by atoms with Crippen LogP contribution < -0.4 is 4.90 Å². The van der Waals surface area contributed by atoms with Crippen molar-refractivity contribution < 1.29 is 4.42 Å². The SMILES string of the molecule is CC(C)c1cccc(N(C)Cc2nnc(C3CCC3)o2)c1. The molecule has 0 saturated heterocycles. The molecular weight excluding hydrogens is 262 g/mol. The van der Waals surface area contributed by atoms with E-state index in [1.807, 2.05) is 0 Å². The molecule has 0 amide bonds. The van der Waals surface area contributed by atoms with E-state index in [1.165, 1.54) is 30.5 Å². The van der Waals surface area contributed by atoms with Crippen LogP contribution in [0.5, 0.6) is 0 Å². The Bertz CT molecular complexity index is 602. The normalized spacial score (nSPS) is 15.2. The fourth-order valence-electron chi connectivity index (χ4n) is 2.57. The van der Waals surface area contributed by atoms with Crippen LogP contribution in [0.25, 0.3) is 0 Å². The van der Waals surface area contributed by atoms with Gasteiger partial charge in [-0.25, -0.2) is 0 Å².